The van der Waals surface area contributed by atoms with E-state index in [9.17, 15) is 4.79 Å². The van der Waals surface area contributed by atoms with Gasteiger partial charge in [-0.1, -0.05) is 18.3 Å². The molecular weight excluding hydrogens is 300 g/mol. The van der Waals surface area contributed by atoms with E-state index in [1.54, 1.807) is 6.20 Å². The highest BCUT2D eigenvalue weighted by Gasteiger charge is 2.39. The van der Waals surface area contributed by atoms with Gasteiger partial charge in [-0.25, -0.2) is 4.98 Å². The number of rotatable bonds is 4. The van der Waals surface area contributed by atoms with E-state index in [-0.39, 0.29) is 18.1 Å². The van der Waals surface area contributed by atoms with E-state index in [0.29, 0.717) is 18.0 Å². The van der Waals surface area contributed by atoms with Crippen molar-refractivity contribution in [1.82, 2.24) is 14.8 Å². The van der Waals surface area contributed by atoms with Gasteiger partial charge in [0.05, 0.1) is 24.9 Å². The van der Waals surface area contributed by atoms with Gasteiger partial charge in [0, 0.05) is 26.2 Å². The van der Waals surface area contributed by atoms with Gasteiger partial charge in [-0.3, -0.25) is 4.79 Å². The smallest absolute Gasteiger partial charge is 0.266 e. The molecule has 0 spiro atoms. The Balaban J connectivity index is 1.74. The van der Waals surface area contributed by atoms with Crippen LogP contribution < -0.4 is 5.32 Å². The van der Waals surface area contributed by atoms with Crippen LogP contribution in [0.15, 0.2) is 6.20 Å². The Bertz CT molecular complexity index is 521. The number of nitrogens with zero attached hydrogens (tertiary/aromatic N) is 3. The number of morpholine rings is 1. The zero-order valence-electron chi connectivity index (χ0n) is 13.2. The van der Waals surface area contributed by atoms with Crippen molar-refractivity contribution in [3.05, 3.63) is 11.1 Å². The number of fused-ring (bicyclic) bond motifs is 1. The highest BCUT2D eigenvalue weighted by atomic mass is 32.1. The fourth-order valence-corrected chi connectivity index (χ4v) is 4.06. The minimum Gasteiger partial charge on any atom is -0.374 e. The van der Waals surface area contributed by atoms with Crippen molar-refractivity contribution in [2.75, 3.05) is 44.6 Å². The molecule has 6 nitrogen and oxygen atoms in total. The van der Waals surface area contributed by atoms with Crippen molar-refractivity contribution in [2.45, 2.75) is 32.4 Å². The third-order valence-electron chi connectivity index (χ3n) is 4.42. The number of piperidine rings is 1. The maximum atomic E-state index is 12.9. The first kappa shape index (κ1) is 15.7. The first-order valence-electron chi connectivity index (χ1n) is 8.07. The molecule has 3 heterocycles. The predicted molar refractivity (Wildman–Crippen MR) is 87.6 cm³/mol. The number of ether oxygens (including phenoxy) is 1. The number of amides is 1. The van der Waals surface area contributed by atoms with Crippen LogP contribution in [0.3, 0.4) is 0 Å². The van der Waals surface area contributed by atoms with Crippen LogP contribution in [0.25, 0.3) is 0 Å². The summed E-state index contributed by atoms with van der Waals surface area (Å²) in [4.78, 5) is 22.2. The van der Waals surface area contributed by atoms with Gasteiger partial charge in [0.25, 0.3) is 5.91 Å². The third kappa shape index (κ3) is 3.11. The van der Waals surface area contributed by atoms with Gasteiger partial charge in [-0.15, -0.1) is 0 Å². The Morgan fingerprint density at radius 1 is 1.50 bits per heavy atom. The molecule has 0 aromatic carbocycles. The van der Waals surface area contributed by atoms with E-state index in [2.05, 4.69) is 22.1 Å². The Morgan fingerprint density at radius 3 is 3.14 bits per heavy atom. The van der Waals surface area contributed by atoms with Crippen LogP contribution in [0.5, 0.6) is 0 Å². The van der Waals surface area contributed by atoms with Gasteiger partial charge in [-0.2, -0.15) is 0 Å². The zero-order chi connectivity index (χ0) is 15.5. The Hall–Kier alpha value is -1.18. The maximum Gasteiger partial charge on any atom is 0.266 e. The van der Waals surface area contributed by atoms with Gasteiger partial charge in [-0.05, 0) is 19.9 Å². The number of carbonyl (C=O) groups is 1. The molecule has 1 N–H and O–H groups in total. The molecule has 1 aromatic heterocycles. The summed E-state index contributed by atoms with van der Waals surface area (Å²) in [7, 11) is 0. The predicted octanol–water partition coefficient (Wildman–Crippen LogP) is 1.51. The first-order valence-corrected chi connectivity index (χ1v) is 8.89. The van der Waals surface area contributed by atoms with Gasteiger partial charge >= 0.3 is 0 Å². The molecule has 1 amide bonds. The highest BCUT2D eigenvalue weighted by molar-refractivity contribution is 7.17. The molecule has 0 aliphatic carbocycles. The largest absolute Gasteiger partial charge is 0.374 e. The van der Waals surface area contributed by atoms with Crippen LogP contribution in [0.1, 0.15) is 29.9 Å². The molecule has 0 radical (unpaired) electrons. The molecule has 2 fully saturated rings. The summed E-state index contributed by atoms with van der Waals surface area (Å²) >= 11 is 1.44. The van der Waals surface area contributed by atoms with E-state index in [1.165, 1.54) is 11.3 Å². The second-order valence-electron chi connectivity index (χ2n) is 5.72. The molecular formula is C15H24N4O2S. The van der Waals surface area contributed by atoms with Crippen molar-refractivity contribution in [1.29, 1.82) is 0 Å². The van der Waals surface area contributed by atoms with E-state index >= 15 is 0 Å². The monoisotopic (exact) mass is 324 g/mol. The van der Waals surface area contributed by atoms with Crippen molar-refractivity contribution >= 4 is 22.4 Å². The molecule has 7 heteroatoms. The Kier molecular flexibility index (Phi) is 4.95. The van der Waals surface area contributed by atoms with Crippen molar-refractivity contribution in [3.8, 4) is 0 Å². The van der Waals surface area contributed by atoms with Crippen LogP contribution in [0.4, 0.5) is 5.13 Å². The lowest BCUT2D eigenvalue weighted by Crippen LogP contribution is -2.61. The van der Waals surface area contributed by atoms with E-state index in [1.807, 2.05) is 11.8 Å². The third-order valence-corrected chi connectivity index (χ3v) is 5.36. The van der Waals surface area contributed by atoms with E-state index < -0.39 is 0 Å². The summed E-state index contributed by atoms with van der Waals surface area (Å²) in [6, 6.07) is 0.166. The minimum absolute atomic E-state index is 0.0953. The number of likely N-dealkylation sites (N-methyl/N-ethyl adjacent to an activating group) is 1. The summed E-state index contributed by atoms with van der Waals surface area (Å²) < 4.78 is 5.89. The SMILES string of the molecule is CCNc1ncc(C(=O)N2CCO[C@@H]3CCN(CC)C[C@@H]32)s1. The van der Waals surface area contributed by atoms with E-state index in [4.69, 9.17) is 4.74 Å². The minimum atomic E-state index is 0.0953. The van der Waals surface area contributed by atoms with Crippen LogP contribution in [-0.4, -0.2) is 72.2 Å². The number of aromatic nitrogens is 1. The Labute approximate surface area is 135 Å². The summed E-state index contributed by atoms with van der Waals surface area (Å²) in [6.45, 7) is 9.31. The summed E-state index contributed by atoms with van der Waals surface area (Å²) in [5.74, 6) is 0.0953. The number of likely N-dealkylation sites (tertiary alicyclic amines) is 1. The van der Waals surface area contributed by atoms with Crippen LogP contribution >= 0.6 is 11.3 Å². The molecule has 0 bridgehead atoms. The van der Waals surface area contributed by atoms with Crippen LogP contribution in [-0.2, 0) is 4.74 Å². The normalized spacial score (nSPS) is 25.8. The number of hydrogen-bond acceptors (Lipinski definition) is 6. The van der Waals surface area contributed by atoms with Crippen molar-refractivity contribution < 1.29 is 9.53 Å². The molecule has 0 saturated carbocycles. The molecule has 122 valence electrons. The highest BCUT2D eigenvalue weighted by Crippen LogP contribution is 2.27. The fraction of sp³-hybridized carbons (Fsp3) is 0.733. The van der Waals surface area contributed by atoms with Crippen LogP contribution in [0.2, 0.25) is 0 Å². The molecule has 1 aromatic rings. The van der Waals surface area contributed by atoms with Gasteiger partial charge in [0.2, 0.25) is 0 Å². The number of nitrogens with one attached hydrogen (secondary N) is 1. The average Bonchev–Trinajstić information content (AvgIpc) is 3.02. The van der Waals surface area contributed by atoms with Crippen LogP contribution in [0, 0.1) is 0 Å². The van der Waals surface area contributed by atoms with Gasteiger partial charge < -0.3 is 19.9 Å². The number of hydrogen-bond donors (Lipinski definition) is 1. The quantitative estimate of drug-likeness (QED) is 0.910. The average molecular weight is 324 g/mol. The number of anilines is 1. The molecule has 0 unspecified atom stereocenters. The summed E-state index contributed by atoms with van der Waals surface area (Å²) in [5, 5.41) is 3.98. The fourth-order valence-electron chi connectivity index (χ4n) is 3.22. The van der Waals surface area contributed by atoms with Crippen molar-refractivity contribution in [2.24, 2.45) is 0 Å². The van der Waals surface area contributed by atoms with Crippen molar-refractivity contribution in [3.63, 3.8) is 0 Å². The number of carbonyl (C=O) groups excluding carboxylic acids is 1. The molecule has 2 saturated heterocycles. The number of thiazole rings is 1. The van der Waals surface area contributed by atoms with Gasteiger partial charge in [0.1, 0.15) is 4.88 Å². The summed E-state index contributed by atoms with van der Waals surface area (Å²) in [6.07, 6.45) is 2.88. The molecule has 2 aliphatic heterocycles. The lowest BCUT2D eigenvalue weighted by molar-refractivity contribution is -0.0895. The first-order chi connectivity index (χ1) is 10.7. The lowest BCUT2D eigenvalue weighted by atomic mass is 9.98. The van der Waals surface area contributed by atoms with Gasteiger partial charge in [0.15, 0.2) is 5.13 Å². The van der Waals surface area contributed by atoms with E-state index in [0.717, 1.165) is 37.7 Å². The topological polar surface area (TPSA) is 57.7 Å². The molecule has 22 heavy (non-hydrogen) atoms. The second-order valence-corrected chi connectivity index (χ2v) is 6.75. The zero-order valence-corrected chi connectivity index (χ0v) is 14.1. The maximum absolute atomic E-state index is 12.9. The molecule has 3 rings (SSSR count). The summed E-state index contributed by atoms with van der Waals surface area (Å²) in [5.41, 5.74) is 0. The Morgan fingerprint density at radius 2 is 2.36 bits per heavy atom. The molecule has 2 atom stereocenters. The standard InChI is InChI=1S/C15H24N4O2S/c1-3-16-15-17-9-13(22-15)14(20)19-7-8-21-12-5-6-18(4-2)10-11(12)19/h9,11-12H,3-8,10H2,1-2H3,(H,16,17)/t11-,12+/m0/s1. The lowest BCUT2D eigenvalue weighted by Gasteiger charge is -2.46. The second kappa shape index (κ2) is 6.93. The molecule has 2 aliphatic rings.